The van der Waals surface area contributed by atoms with Crippen molar-refractivity contribution >= 4 is 29.3 Å². The van der Waals surface area contributed by atoms with E-state index in [-0.39, 0.29) is 17.7 Å². The molecule has 2 aromatic carbocycles. The fraction of sp³-hybridized carbons (Fsp3) is 0.136. The van der Waals surface area contributed by atoms with E-state index in [1.165, 1.54) is 49.3 Å². The number of nitrogens with one attached hydrogen (secondary N) is 1. The van der Waals surface area contributed by atoms with Crippen molar-refractivity contribution in [2.24, 2.45) is 0 Å². The molecule has 1 unspecified atom stereocenters. The molecule has 0 fully saturated rings. The predicted octanol–water partition coefficient (Wildman–Crippen LogP) is 4.92. The van der Waals surface area contributed by atoms with Crippen LogP contribution in [0.5, 0.6) is 11.6 Å². The van der Waals surface area contributed by atoms with Gasteiger partial charge >= 0.3 is 5.97 Å². The first-order valence-corrected chi connectivity index (χ1v) is 9.88. The number of rotatable bonds is 7. The topological polar surface area (TPSA) is 77.5 Å². The van der Waals surface area contributed by atoms with Gasteiger partial charge < -0.3 is 14.8 Å². The molecule has 8 heteroatoms. The number of thioether (sulfide) groups is 1. The molecule has 1 aromatic heterocycles. The number of aromatic nitrogens is 1. The third-order valence-electron chi connectivity index (χ3n) is 4.00. The van der Waals surface area contributed by atoms with E-state index in [9.17, 15) is 14.0 Å². The van der Waals surface area contributed by atoms with Crippen LogP contribution in [0.15, 0.2) is 71.8 Å². The number of carbonyl (C=O) groups is 2. The van der Waals surface area contributed by atoms with Crippen LogP contribution >= 0.6 is 11.8 Å². The highest BCUT2D eigenvalue weighted by atomic mass is 32.2. The first-order chi connectivity index (χ1) is 14.5. The lowest BCUT2D eigenvalue weighted by molar-refractivity contribution is -0.139. The Morgan fingerprint density at radius 3 is 2.47 bits per heavy atom. The standard InChI is InChI=1S/C22H19FN2O4S/c1-14(22(27)28-2)30-19-6-4-3-5-18(19)21(26)25-16-9-12-20(24-13-16)29-17-10-7-15(23)8-11-17/h3-14H,1-2H3,(H,25,26). The highest BCUT2D eigenvalue weighted by Gasteiger charge is 2.19. The summed E-state index contributed by atoms with van der Waals surface area (Å²) in [6.07, 6.45) is 1.46. The lowest BCUT2D eigenvalue weighted by Crippen LogP contribution is -2.17. The number of halogens is 1. The smallest absolute Gasteiger partial charge is 0.318 e. The van der Waals surface area contributed by atoms with Crippen LogP contribution in [0.4, 0.5) is 10.1 Å². The Bertz CT molecular complexity index is 1030. The number of pyridine rings is 1. The number of anilines is 1. The van der Waals surface area contributed by atoms with Gasteiger partial charge in [-0.1, -0.05) is 12.1 Å². The first-order valence-electron chi connectivity index (χ1n) is 9.00. The highest BCUT2D eigenvalue weighted by Crippen LogP contribution is 2.28. The van der Waals surface area contributed by atoms with Crippen molar-refractivity contribution in [3.8, 4) is 11.6 Å². The van der Waals surface area contributed by atoms with Gasteiger partial charge in [-0.3, -0.25) is 9.59 Å². The summed E-state index contributed by atoms with van der Waals surface area (Å²) in [5.41, 5.74) is 0.914. The van der Waals surface area contributed by atoms with Crippen LogP contribution in [0.1, 0.15) is 17.3 Å². The monoisotopic (exact) mass is 426 g/mol. The summed E-state index contributed by atoms with van der Waals surface area (Å²) < 4.78 is 23.2. The van der Waals surface area contributed by atoms with Gasteiger partial charge in [-0.2, -0.15) is 0 Å². The van der Waals surface area contributed by atoms with Crippen molar-refractivity contribution in [1.29, 1.82) is 0 Å². The molecule has 3 aromatic rings. The summed E-state index contributed by atoms with van der Waals surface area (Å²) in [5, 5.41) is 2.33. The minimum atomic E-state index is -0.450. The van der Waals surface area contributed by atoms with Gasteiger partial charge in [-0.15, -0.1) is 11.8 Å². The molecule has 6 nitrogen and oxygen atoms in total. The number of carbonyl (C=O) groups excluding carboxylic acids is 2. The molecule has 3 rings (SSSR count). The van der Waals surface area contributed by atoms with Crippen LogP contribution in [-0.4, -0.2) is 29.2 Å². The minimum Gasteiger partial charge on any atom is -0.468 e. The second kappa shape index (κ2) is 9.89. The molecule has 154 valence electrons. The molecule has 0 aliphatic carbocycles. The van der Waals surface area contributed by atoms with Crippen molar-refractivity contribution < 1.29 is 23.5 Å². The Morgan fingerprint density at radius 2 is 1.80 bits per heavy atom. The average molecular weight is 426 g/mol. The summed E-state index contributed by atoms with van der Waals surface area (Å²) in [7, 11) is 1.33. The third-order valence-corrected chi connectivity index (χ3v) is 5.15. The lowest BCUT2D eigenvalue weighted by Gasteiger charge is -2.13. The zero-order valence-corrected chi connectivity index (χ0v) is 17.1. The zero-order chi connectivity index (χ0) is 21.5. The summed E-state index contributed by atoms with van der Waals surface area (Å²) in [6, 6.07) is 15.8. The number of amides is 1. The SMILES string of the molecule is COC(=O)C(C)Sc1ccccc1C(=O)Nc1ccc(Oc2ccc(F)cc2)nc1. The van der Waals surface area contributed by atoms with Gasteiger partial charge in [0.2, 0.25) is 5.88 Å². The Labute approximate surface area is 177 Å². The summed E-state index contributed by atoms with van der Waals surface area (Å²) in [6.45, 7) is 1.72. The van der Waals surface area contributed by atoms with E-state index in [0.717, 1.165) is 0 Å². The van der Waals surface area contributed by atoms with Crippen molar-refractivity contribution in [3.63, 3.8) is 0 Å². The van der Waals surface area contributed by atoms with Gasteiger partial charge in [0, 0.05) is 11.0 Å². The van der Waals surface area contributed by atoms with E-state index in [1.54, 1.807) is 43.3 Å². The molecule has 30 heavy (non-hydrogen) atoms. The number of benzene rings is 2. The summed E-state index contributed by atoms with van der Waals surface area (Å²) in [4.78, 5) is 29.2. The molecule has 1 amide bonds. The molecule has 1 N–H and O–H groups in total. The highest BCUT2D eigenvalue weighted by molar-refractivity contribution is 8.00. The molecule has 0 spiro atoms. The number of ether oxygens (including phenoxy) is 2. The Morgan fingerprint density at radius 1 is 1.07 bits per heavy atom. The molecular formula is C22H19FN2O4S. The molecule has 1 atom stereocenters. The fourth-order valence-electron chi connectivity index (χ4n) is 2.50. The van der Waals surface area contributed by atoms with E-state index in [4.69, 9.17) is 9.47 Å². The predicted molar refractivity (Wildman–Crippen MR) is 112 cm³/mol. The van der Waals surface area contributed by atoms with E-state index in [2.05, 4.69) is 10.3 Å². The van der Waals surface area contributed by atoms with Gasteiger partial charge in [-0.05, 0) is 49.4 Å². The maximum atomic E-state index is 13.0. The largest absolute Gasteiger partial charge is 0.468 e. The number of nitrogens with zero attached hydrogens (tertiary/aromatic N) is 1. The van der Waals surface area contributed by atoms with E-state index in [0.29, 0.717) is 27.8 Å². The molecule has 0 saturated heterocycles. The number of hydrogen-bond acceptors (Lipinski definition) is 6. The second-order valence-electron chi connectivity index (χ2n) is 6.17. The Hall–Kier alpha value is -3.39. The normalized spacial score (nSPS) is 11.4. The quantitative estimate of drug-likeness (QED) is 0.427. The molecule has 0 saturated carbocycles. The minimum absolute atomic E-state index is 0.308. The van der Waals surface area contributed by atoms with Gasteiger partial charge in [0.1, 0.15) is 16.8 Å². The average Bonchev–Trinajstić information content (AvgIpc) is 2.76. The van der Waals surface area contributed by atoms with Crippen molar-refractivity contribution in [2.75, 3.05) is 12.4 Å². The third kappa shape index (κ3) is 5.57. The number of hydrogen-bond donors (Lipinski definition) is 1. The molecule has 0 aliphatic heterocycles. The van der Waals surface area contributed by atoms with Crippen LogP contribution in [-0.2, 0) is 9.53 Å². The van der Waals surface area contributed by atoms with Crippen LogP contribution in [0, 0.1) is 5.82 Å². The van der Waals surface area contributed by atoms with Gasteiger partial charge in [0.25, 0.3) is 5.91 Å². The van der Waals surface area contributed by atoms with Crippen LogP contribution in [0.25, 0.3) is 0 Å². The molecule has 1 heterocycles. The maximum absolute atomic E-state index is 13.0. The molecule has 0 bridgehead atoms. The molecular weight excluding hydrogens is 407 g/mol. The van der Waals surface area contributed by atoms with Crippen molar-refractivity contribution in [1.82, 2.24) is 4.98 Å². The summed E-state index contributed by atoms with van der Waals surface area (Å²) >= 11 is 1.25. The van der Waals surface area contributed by atoms with Crippen LogP contribution in [0.3, 0.4) is 0 Å². The number of methoxy groups -OCH3 is 1. The van der Waals surface area contributed by atoms with Crippen molar-refractivity contribution in [2.45, 2.75) is 17.1 Å². The van der Waals surface area contributed by atoms with E-state index >= 15 is 0 Å². The zero-order valence-electron chi connectivity index (χ0n) is 16.3. The van der Waals surface area contributed by atoms with Crippen LogP contribution < -0.4 is 10.1 Å². The number of esters is 1. The van der Waals surface area contributed by atoms with Gasteiger partial charge in [0.05, 0.1) is 24.6 Å². The maximum Gasteiger partial charge on any atom is 0.318 e. The van der Waals surface area contributed by atoms with Crippen molar-refractivity contribution in [3.05, 3.63) is 78.2 Å². The Kier molecular flexibility index (Phi) is 7.03. The molecule has 0 radical (unpaired) electrons. The van der Waals surface area contributed by atoms with E-state index < -0.39 is 5.25 Å². The Balaban J connectivity index is 1.67. The summed E-state index contributed by atoms with van der Waals surface area (Å²) in [5.74, 6) is -0.290. The lowest BCUT2D eigenvalue weighted by atomic mass is 10.2. The first kappa shape index (κ1) is 21.3. The van der Waals surface area contributed by atoms with Gasteiger partial charge in [0.15, 0.2) is 0 Å². The second-order valence-corrected chi connectivity index (χ2v) is 7.56. The van der Waals surface area contributed by atoms with Crippen LogP contribution in [0.2, 0.25) is 0 Å². The fourth-order valence-corrected chi connectivity index (χ4v) is 3.52. The van der Waals surface area contributed by atoms with Gasteiger partial charge in [-0.25, -0.2) is 9.37 Å². The van der Waals surface area contributed by atoms with E-state index in [1.807, 2.05) is 0 Å². The molecule has 0 aliphatic rings.